The van der Waals surface area contributed by atoms with Crippen molar-refractivity contribution in [2.24, 2.45) is 5.92 Å². The molecule has 338 valence electrons. The highest BCUT2D eigenvalue weighted by Gasteiger charge is 2.40. The summed E-state index contributed by atoms with van der Waals surface area (Å²) in [5, 5.41) is 7.20. The number of rotatable bonds is 11. The number of alkyl halides is 3. The van der Waals surface area contributed by atoms with Crippen LogP contribution >= 0.6 is 0 Å². The van der Waals surface area contributed by atoms with Gasteiger partial charge in [-0.2, -0.15) is 13.2 Å². The Kier molecular flexibility index (Phi) is 12.7. The molecule has 2 aromatic heterocycles. The molecule has 0 spiro atoms. The van der Waals surface area contributed by atoms with Crippen LogP contribution in [0.15, 0.2) is 97.3 Å². The molecule has 14 nitrogen and oxygen atoms in total. The number of aromatic amines is 2. The van der Waals surface area contributed by atoms with Crippen molar-refractivity contribution in [3.05, 3.63) is 120 Å². The number of hydrogen-bond acceptors (Lipinski definition) is 8. The number of amides is 4. The lowest BCUT2D eigenvalue weighted by Crippen LogP contribution is -2.51. The van der Waals surface area contributed by atoms with Gasteiger partial charge in [0.1, 0.15) is 23.7 Å². The molecular weight excluding hydrogens is 842 g/mol. The van der Waals surface area contributed by atoms with Crippen LogP contribution in [0.4, 0.5) is 22.8 Å². The number of carbonyl (C=O) groups is 4. The molecule has 4 amide bonds. The lowest BCUT2D eigenvalue weighted by atomic mass is 9.98. The molecule has 2 aliphatic heterocycles. The van der Waals surface area contributed by atoms with Gasteiger partial charge in [-0.1, -0.05) is 74.5 Å². The summed E-state index contributed by atoms with van der Waals surface area (Å²) in [6.45, 7) is 4.67. The molecule has 4 heterocycles. The van der Waals surface area contributed by atoms with Gasteiger partial charge in [0.05, 0.1) is 55.6 Å². The molecule has 2 saturated heterocycles. The predicted molar refractivity (Wildman–Crippen MR) is 236 cm³/mol. The van der Waals surface area contributed by atoms with Gasteiger partial charge in [-0.15, -0.1) is 0 Å². The number of fused-ring (bicyclic) bond motifs is 1. The first-order chi connectivity index (χ1) is 31.2. The quantitative estimate of drug-likeness (QED) is 0.0997. The van der Waals surface area contributed by atoms with Crippen LogP contribution in [0.2, 0.25) is 0 Å². The monoisotopic (exact) mass is 890 g/mol. The zero-order chi connectivity index (χ0) is 46.0. The minimum atomic E-state index is -4.64. The molecule has 2 fully saturated rings. The number of aromatic nitrogens is 4. The number of halogens is 3. The van der Waals surface area contributed by atoms with Gasteiger partial charge >= 0.3 is 18.4 Å². The van der Waals surface area contributed by atoms with E-state index in [1.54, 1.807) is 17.3 Å². The van der Waals surface area contributed by atoms with E-state index in [0.29, 0.717) is 37.6 Å². The van der Waals surface area contributed by atoms with Crippen molar-refractivity contribution in [3.8, 4) is 33.6 Å². The minimum Gasteiger partial charge on any atom is -0.453 e. The third kappa shape index (κ3) is 9.40. The molecule has 0 saturated carbocycles. The summed E-state index contributed by atoms with van der Waals surface area (Å²) >= 11 is 0. The molecule has 0 aliphatic carbocycles. The van der Waals surface area contributed by atoms with E-state index in [4.69, 9.17) is 14.5 Å². The van der Waals surface area contributed by atoms with E-state index in [9.17, 15) is 32.3 Å². The zero-order valence-electron chi connectivity index (χ0n) is 36.2. The van der Waals surface area contributed by atoms with Crippen LogP contribution < -0.4 is 10.6 Å². The summed E-state index contributed by atoms with van der Waals surface area (Å²) in [5.41, 5.74) is 4.45. The van der Waals surface area contributed by atoms with Crippen LogP contribution in [0.1, 0.15) is 80.4 Å². The molecule has 6 aromatic rings. The number of alkyl carbamates (subject to hydrolysis) is 2. The Bertz CT molecular complexity index is 2710. The van der Waals surface area contributed by atoms with E-state index in [1.165, 1.54) is 24.1 Å². The van der Waals surface area contributed by atoms with Gasteiger partial charge in [0.25, 0.3) is 5.91 Å². The normalized spacial score (nSPS) is 17.3. The number of benzene rings is 4. The topological polar surface area (TPSA) is 175 Å². The number of imidazole rings is 2. The minimum absolute atomic E-state index is 0.0162. The van der Waals surface area contributed by atoms with Crippen LogP contribution in [-0.4, -0.2) is 87.1 Å². The number of hydrogen-bond donors (Lipinski definition) is 4. The molecular formula is C48H49F3N8O6. The van der Waals surface area contributed by atoms with Gasteiger partial charge in [0.15, 0.2) is 0 Å². The fourth-order valence-corrected chi connectivity index (χ4v) is 8.77. The number of methoxy groups -OCH3 is 2. The smallest absolute Gasteiger partial charge is 0.416 e. The van der Waals surface area contributed by atoms with Crippen molar-refractivity contribution in [2.45, 2.75) is 69.9 Å². The van der Waals surface area contributed by atoms with E-state index in [1.807, 2.05) is 44.2 Å². The van der Waals surface area contributed by atoms with Gasteiger partial charge in [0.2, 0.25) is 5.91 Å². The first kappa shape index (κ1) is 44.4. The second-order valence-corrected chi connectivity index (χ2v) is 16.6. The number of H-pyrrole nitrogens is 2. The highest BCUT2D eigenvalue weighted by atomic mass is 19.4. The Morgan fingerprint density at radius 3 is 1.78 bits per heavy atom. The molecule has 4 aromatic carbocycles. The molecule has 4 N–H and O–H groups in total. The largest absolute Gasteiger partial charge is 0.453 e. The van der Waals surface area contributed by atoms with Gasteiger partial charge in [-0.05, 0) is 88.9 Å². The zero-order valence-corrected chi connectivity index (χ0v) is 36.2. The van der Waals surface area contributed by atoms with Crippen LogP contribution in [0.3, 0.4) is 0 Å². The highest BCUT2D eigenvalue weighted by Crippen LogP contribution is 2.37. The fourth-order valence-electron chi connectivity index (χ4n) is 8.77. The second-order valence-electron chi connectivity index (χ2n) is 16.6. The van der Waals surface area contributed by atoms with E-state index in [0.717, 1.165) is 76.5 Å². The van der Waals surface area contributed by atoms with Crippen molar-refractivity contribution in [3.63, 3.8) is 0 Å². The van der Waals surface area contributed by atoms with E-state index in [-0.39, 0.29) is 23.4 Å². The SMILES string of the molecule is COC(=O)NC(C(=O)N1CCC[C@H]1c1ncc(-c2ccc(-c3ccc4cc(-c5cnc([C@@H]6CCCN6C(=O)[C@@H](NC(=O)OC)C(C)C)[nH]5)ccc4c3)cc2)[nH]1)c1cccc(C(F)(F)F)c1. The maximum Gasteiger partial charge on any atom is 0.416 e. The summed E-state index contributed by atoms with van der Waals surface area (Å²) in [4.78, 5) is 71.3. The molecule has 0 radical (unpaired) electrons. The van der Waals surface area contributed by atoms with Gasteiger partial charge in [0, 0.05) is 18.7 Å². The Labute approximate surface area is 372 Å². The number of carbonyl (C=O) groups excluding carboxylic acids is 4. The summed E-state index contributed by atoms with van der Waals surface area (Å²) < 4.78 is 50.2. The first-order valence-corrected chi connectivity index (χ1v) is 21.4. The van der Waals surface area contributed by atoms with Crippen LogP contribution in [0, 0.1) is 5.92 Å². The average Bonchev–Trinajstić information content (AvgIpc) is 4.16. The van der Waals surface area contributed by atoms with Crippen molar-refractivity contribution >= 4 is 34.8 Å². The number of likely N-dealkylation sites (tertiary alicyclic amines) is 2. The van der Waals surface area contributed by atoms with Crippen LogP contribution in [0.25, 0.3) is 44.4 Å². The molecule has 8 rings (SSSR count). The molecule has 2 aliphatic rings. The average molecular weight is 891 g/mol. The summed E-state index contributed by atoms with van der Waals surface area (Å²) in [6, 6.07) is 22.0. The van der Waals surface area contributed by atoms with E-state index in [2.05, 4.69) is 55.9 Å². The number of nitrogens with zero attached hydrogens (tertiary/aromatic N) is 4. The lowest BCUT2D eigenvalue weighted by molar-refractivity contribution is -0.138. The Hall–Kier alpha value is -7.17. The van der Waals surface area contributed by atoms with Gasteiger partial charge in [-0.25, -0.2) is 19.6 Å². The van der Waals surface area contributed by atoms with E-state index < -0.39 is 48.0 Å². The Morgan fingerprint density at radius 1 is 0.677 bits per heavy atom. The molecule has 65 heavy (non-hydrogen) atoms. The van der Waals surface area contributed by atoms with Crippen molar-refractivity contribution < 1.29 is 41.8 Å². The maximum atomic E-state index is 14.0. The fraction of sp³-hybridized carbons (Fsp3) is 0.333. The third-order valence-electron chi connectivity index (χ3n) is 12.2. The predicted octanol–water partition coefficient (Wildman–Crippen LogP) is 9.11. The lowest BCUT2D eigenvalue weighted by Gasteiger charge is -2.30. The van der Waals surface area contributed by atoms with Crippen molar-refractivity contribution in [2.75, 3.05) is 27.3 Å². The third-order valence-corrected chi connectivity index (χ3v) is 12.2. The van der Waals surface area contributed by atoms with Crippen LogP contribution in [0.5, 0.6) is 0 Å². The molecule has 1 unspecified atom stereocenters. The molecule has 4 atom stereocenters. The molecule has 0 bridgehead atoms. The number of nitrogens with one attached hydrogen (secondary N) is 4. The van der Waals surface area contributed by atoms with Crippen LogP contribution in [-0.2, 0) is 25.2 Å². The van der Waals surface area contributed by atoms with Crippen molar-refractivity contribution in [1.29, 1.82) is 0 Å². The summed E-state index contributed by atoms with van der Waals surface area (Å²) in [6.07, 6.45) is 0.0234. The van der Waals surface area contributed by atoms with Gasteiger partial charge < -0.3 is 39.9 Å². The van der Waals surface area contributed by atoms with Gasteiger partial charge in [-0.3, -0.25) is 9.59 Å². The van der Waals surface area contributed by atoms with Crippen molar-refractivity contribution in [1.82, 2.24) is 40.4 Å². The number of ether oxygens (including phenoxy) is 2. The molecule has 17 heteroatoms. The summed E-state index contributed by atoms with van der Waals surface area (Å²) in [5.74, 6) is 0.355. The maximum absolute atomic E-state index is 14.0. The standard InChI is InChI=1S/C48H49F3N8O6/c1-27(2)40(56-46(62)64-3)44(60)58-20-6-10-38(58)43-53-26-37(55-43)33-19-18-31-22-30(16-17-32(31)23-33)28-12-14-29(15-13-28)36-25-52-42(54-36)39-11-7-21-59(39)45(61)41(57-47(63)65-4)34-8-5-9-35(24-34)48(49,50)51/h5,8-9,12-19,22-27,38-41H,6-7,10-11,20-21H2,1-4H3,(H,52,54)(H,53,55)(H,56,62)(H,57,63)/t38-,39-,40-,41?/m0/s1. The second kappa shape index (κ2) is 18.5. The summed E-state index contributed by atoms with van der Waals surface area (Å²) in [7, 11) is 2.39. The first-order valence-electron chi connectivity index (χ1n) is 21.4. The highest BCUT2D eigenvalue weighted by molar-refractivity contribution is 5.91. The Morgan fingerprint density at radius 2 is 1.20 bits per heavy atom. The Balaban J connectivity index is 0.947. The van der Waals surface area contributed by atoms with E-state index >= 15 is 0 Å².